The first kappa shape index (κ1) is 20.0. The Bertz CT molecular complexity index is 1330. The summed E-state index contributed by atoms with van der Waals surface area (Å²) in [6.07, 6.45) is 4.62. The molecule has 0 saturated carbocycles. The molecule has 4 nitrogen and oxygen atoms in total. The summed E-state index contributed by atoms with van der Waals surface area (Å²) in [4.78, 5) is 12.9. The zero-order valence-electron chi connectivity index (χ0n) is 17.7. The van der Waals surface area contributed by atoms with Crippen molar-refractivity contribution in [3.05, 3.63) is 113 Å². The first-order chi connectivity index (χ1) is 15.7. The molecule has 4 heteroatoms. The molecule has 0 aromatic heterocycles. The lowest BCUT2D eigenvalue weighted by atomic mass is 9.89. The van der Waals surface area contributed by atoms with Gasteiger partial charge < -0.3 is 5.11 Å². The number of hydrogen-bond donors (Lipinski definition) is 2. The number of benzene rings is 4. The fourth-order valence-corrected chi connectivity index (χ4v) is 4.35. The highest BCUT2D eigenvalue weighted by molar-refractivity contribution is 6.13. The number of fused-ring (bicyclic) bond motifs is 2. The lowest BCUT2D eigenvalue weighted by molar-refractivity contribution is 0.0952. The van der Waals surface area contributed by atoms with E-state index < -0.39 is 5.91 Å². The molecular weight excluding hydrogens is 396 g/mol. The maximum atomic E-state index is 12.9. The van der Waals surface area contributed by atoms with Crippen molar-refractivity contribution in [2.45, 2.75) is 25.7 Å². The predicted octanol–water partition coefficient (Wildman–Crippen LogP) is 5.61. The van der Waals surface area contributed by atoms with E-state index in [2.05, 4.69) is 28.7 Å². The molecular formula is C28H24N2O2. The van der Waals surface area contributed by atoms with E-state index in [1.54, 1.807) is 12.1 Å². The summed E-state index contributed by atoms with van der Waals surface area (Å²) in [5.74, 6) is -0.508. The third kappa shape index (κ3) is 4.00. The Balaban J connectivity index is 1.51. The number of phenols is 1. The quantitative estimate of drug-likeness (QED) is 0.333. The van der Waals surface area contributed by atoms with Crippen LogP contribution in [0, 0.1) is 0 Å². The van der Waals surface area contributed by atoms with Gasteiger partial charge in [0.05, 0.1) is 11.3 Å². The Hall–Kier alpha value is -3.92. The Kier molecular flexibility index (Phi) is 5.42. The Morgan fingerprint density at radius 3 is 2.22 bits per heavy atom. The molecule has 1 amide bonds. The standard InChI is InChI=1S/C28H24N2O2/c31-26-18-23-13-7-6-12-22(23)17-25(26)28(32)30-29-27(20-9-2-1-3-10-20)24-15-14-19-8-4-5-11-21(19)16-24/h1-3,6-7,9-10,12-18,31H,4-5,8,11H2,(H,30,32)/b29-27+. The number of phenolic OH excluding ortho intramolecular Hbond substituents is 1. The molecule has 1 aliphatic rings. The smallest absolute Gasteiger partial charge is 0.275 e. The fourth-order valence-electron chi connectivity index (χ4n) is 4.35. The van der Waals surface area contributed by atoms with Crippen LogP contribution in [0.25, 0.3) is 10.8 Å². The monoisotopic (exact) mass is 420 g/mol. The summed E-state index contributed by atoms with van der Waals surface area (Å²) < 4.78 is 0. The second-order valence-electron chi connectivity index (χ2n) is 8.17. The zero-order chi connectivity index (χ0) is 21.9. The third-order valence-corrected chi connectivity index (χ3v) is 6.05. The number of amides is 1. The lowest BCUT2D eigenvalue weighted by Crippen LogP contribution is -2.21. The summed E-state index contributed by atoms with van der Waals surface area (Å²) in [5, 5.41) is 16.7. The summed E-state index contributed by atoms with van der Waals surface area (Å²) in [7, 11) is 0. The van der Waals surface area contributed by atoms with Crippen LogP contribution in [-0.2, 0) is 12.8 Å². The summed E-state index contributed by atoms with van der Waals surface area (Å²) in [5.41, 5.74) is 8.22. The van der Waals surface area contributed by atoms with Crippen molar-refractivity contribution in [1.82, 2.24) is 5.43 Å². The molecule has 0 heterocycles. The van der Waals surface area contributed by atoms with Gasteiger partial charge in [-0.15, -0.1) is 0 Å². The van der Waals surface area contributed by atoms with Crippen molar-refractivity contribution in [2.24, 2.45) is 5.10 Å². The highest BCUT2D eigenvalue weighted by atomic mass is 16.3. The minimum absolute atomic E-state index is 0.0635. The van der Waals surface area contributed by atoms with Gasteiger partial charge in [-0.3, -0.25) is 4.79 Å². The van der Waals surface area contributed by atoms with Crippen molar-refractivity contribution < 1.29 is 9.90 Å². The molecule has 158 valence electrons. The van der Waals surface area contributed by atoms with Crippen molar-refractivity contribution >= 4 is 22.4 Å². The van der Waals surface area contributed by atoms with E-state index in [9.17, 15) is 9.90 Å². The number of rotatable bonds is 4. The molecule has 4 aromatic rings. The van der Waals surface area contributed by atoms with Gasteiger partial charge in [-0.2, -0.15) is 5.10 Å². The molecule has 0 aliphatic heterocycles. The lowest BCUT2D eigenvalue weighted by Gasteiger charge is -2.17. The van der Waals surface area contributed by atoms with Gasteiger partial charge in [0.1, 0.15) is 5.75 Å². The molecule has 0 bridgehead atoms. The van der Waals surface area contributed by atoms with Crippen LogP contribution in [-0.4, -0.2) is 16.7 Å². The highest BCUT2D eigenvalue weighted by Gasteiger charge is 2.16. The molecule has 1 aliphatic carbocycles. The van der Waals surface area contributed by atoms with Gasteiger partial charge in [0.25, 0.3) is 5.91 Å². The summed E-state index contributed by atoms with van der Waals surface area (Å²) in [6, 6.07) is 27.2. The molecule has 4 aromatic carbocycles. The van der Waals surface area contributed by atoms with Crippen LogP contribution >= 0.6 is 0 Å². The summed E-state index contributed by atoms with van der Waals surface area (Å²) in [6.45, 7) is 0. The molecule has 5 rings (SSSR count). The van der Waals surface area contributed by atoms with Crippen molar-refractivity contribution in [2.75, 3.05) is 0 Å². The largest absolute Gasteiger partial charge is 0.507 e. The normalized spacial score (nSPS) is 13.6. The molecule has 0 fully saturated rings. The van der Waals surface area contributed by atoms with Gasteiger partial charge in [-0.25, -0.2) is 5.43 Å². The number of nitrogens with one attached hydrogen (secondary N) is 1. The van der Waals surface area contributed by atoms with Gasteiger partial charge in [0, 0.05) is 11.1 Å². The van der Waals surface area contributed by atoms with Gasteiger partial charge in [0.2, 0.25) is 0 Å². The number of hydrogen-bond acceptors (Lipinski definition) is 3. The van der Waals surface area contributed by atoms with Crippen LogP contribution in [0.2, 0.25) is 0 Å². The van der Waals surface area contributed by atoms with E-state index in [-0.39, 0.29) is 11.3 Å². The van der Waals surface area contributed by atoms with Crippen molar-refractivity contribution in [1.29, 1.82) is 0 Å². The minimum Gasteiger partial charge on any atom is -0.507 e. The number of aromatic hydroxyl groups is 1. The molecule has 0 spiro atoms. The van der Waals surface area contributed by atoms with Crippen LogP contribution in [0.1, 0.15) is 45.5 Å². The van der Waals surface area contributed by atoms with E-state index >= 15 is 0 Å². The predicted molar refractivity (Wildman–Crippen MR) is 128 cm³/mol. The minimum atomic E-state index is -0.445. The Morgan fingerprint density at radius 1 is 0.750 bits per heavy atom. The molecule has 0 unspecified atom stereocenters. The van der Waals surface area contributed by atoms with Crippen LogP contribution in [0.4, 0.5) is 0 Å². The van der Waals surface area contributed by atoms with Gasteiger partial charge in [-0.05, 0) is 65.8 Å². The second-order valence-corrected chi connectivity index (χ2v) is 8.17. The number of aryl methyl sites for hydroxylation is 2. The average molecular weight is 421 g/mol. The van der Waals surface area contributed by atoms with Crippen LogP contribution in [0.15, 0.2) is 90.0 Å². The topological polar surface area (TPSA) is 61.7 Å². The van der Waals surface area contributed by atoms with E-state index in [4.69, 9.17) is 0 Å². The molecule has 2 N–H and O–H groups in total. The van der Waals surface area contributed by atoms with Gasteiger partial charge in [0.15, 0.2) is 0 Å². The average Bonchev–Trinajstić information content (AvgIpc) is 2.84. The molecule has 0 radical (unpaired) electrons. The molecule has 0 atom stereocenters. The number of carbonyl (C=O) groups is 1. The van der Waals surface area contributed by atoms with E-state index in [1.165, 1.54) is 24.0 Å². The Morgan fingerprint density at radius 2 is 1.44 bits per heavy atom. The van der Waals surface area contributed by atoms with Crippen LogP contribution < -0.4 is 5.43 Å². The van der Waals surface area contributed by atoms with E-state index in [0.717, 1.165) is 34.7 Å². The first-order valence-electron chi connectivity index (χ1n) is 11.0. The van der Waals surface area contributed by atoms with Gasteiger partial charge in [-0.1, -0.05) is 66.7 Å². The van der Waals surface area contributed by atoms with E-state index in [0.29, 0.717) is 5.71 Å². The van der Waals surface area contributed by atoms with E-state index in [1.807, 2.05) is 54.6 Å². The van der Waals surface area contributed by atoms with Crippen LogP contribution in [0.5, 0.6) is 5.75 Å². The molecule has 0 saturated heterocycles. The maximum Gasteiger partial charge on any atom is 0.275 e. The van der Waals surface area contributed by atoms with Crippen molar-refractivity contribution in [3.8, 4) is 5.75 Å². The third-order valence-electron chi connectivity index (χ3n) is 6.05. The number of nitrogens with zero attached hydrogens (tertiary/aromatic N) is 1. The zero-order valence-corrected chi connectivity index (χ0v) is 17.7. The molecule has 32 heavy (non-hydrogen) atoms. The Labute approximate surface area is 187 Å². The summed E-state index contributed by atoms with van der Waals surface area (Å²) >= 11 is 0. The number of hydrazone groups is 1. The van der Waals surface area contributed by atoms with Crippen molar-refractivity contribution in [3.63, 3.8) is 0 Å². The SMILES string of the molecule is O=C(N/N=C(\c1ccccc1)c1ccc2c(c1)CCCC2)c1cc2ccccc2cc1O. The maximum absolute atomic E-state index is 12.9. The second kappa shape index (κ2) is 8.67. The first-order valence-corrected chi connectivity index (χ1v) is 11.0. The number of carbonyl (C=O) groups excluding carboxylic acids is 1. The van der Waals surface area contributed by atoms with Gasteiger partial charge >= 0.3 is 0 Å². The fraction of sp³-hybridized carbons (Fsp3) is 0.143. The van der Waals surface area contributed by atoms with Crippen LogP contribution in [0.3, 0.4) is 0 Å². The highest BCUT2D eigenvalue weighted by Crippen LogP contribution is 2.26.